The molecule has 22 heavy (non-hydrogen) atoms. The molecule has 0 fully saturated rings. The molecule has 0 heterocycles. The van der Waals surface area contributed by atoms with E-state index < -0.39 is 0 Å². The van der Waals surface area contributed by atoms with Gasteiger partial charge in [-0.3, -0.25) is 0 Å². The van der Waals surface area contributed by atoms with E-state index >= 15 is 0 Å². The predicted octanol–water partition coefficient (Wildman–Crippen LogP) is 2.90. The molecule has 2 heteroatoms. The van der Waals surface area contributed by atoms with Crippen LogP contribution in [0.15, 0.2) is 0 Å². The van der Waals surface area contributed by atoms with E-state index in [2.05, 4.69) is 69.2 Å². The Bertz CT molecular complexity index is 410. The Kier molecular flexibility index (Phi) is 9.92. The third-order valence-corrected chi connectivity index (χ3v) is 5.62. The Morgan fingerprint density at radius 2 is 0.591 bits per heavy atom. The SMILES string of the molecule is Cc1c(C)c(C)[c-](C)c1C.Cc1c(C)c(C)[c-](C)c1C.[Cl-].[Ti+3]. The minimum absolute atomic E-state index is 0. The first kappa shape index (κ1) is 24.0. The molecule has 0 spiro atoms. The summed E-state index contributed by atoms with van der Waals surface area (Å²) in [6.07, 6.45) is 0. The molecular weight excluding hydrogens is 324 g/mol. The van der Waals surface area contributed by atoms with E-state index in [4.69, 9.17) is 0 Å². The molecule has 121 valence electrons. The minimum atomic E-state index is 0. The van der Waals surface area contributed by atoms with Crippen LogP contribution < -0.4 is 12.4 Å². The molecule has 1 radical (unpaired) electrons. The molecule has 0 amide bonds. The van der Waals surface area contributed by atoms with Crippen molar-refractivity contribution in [2.45, 2.75) is 69.2 Å². The molecule has 0 saturated carbocycles. The average Bonchev–Trinajstić information content (AvgIpc) is 2.71. The van der Waals surface area contributed by atoms with Crippen molar-refractivity contribution in [1.29, 1.82) is 0 Å². The van der Waals surface area contributed by atoms with Crippen LogP contribution in [-0.4, -0.2) is 0 Å². The zero-order chi connectivity index (χ0) is 15.8. The third-order valence-electron chi connectivity index (χ3n) is 5.62. The Hall–Kier alpha value is -0.296. The molecule has 0 N–H and O–H groups in total. The summed E-state index contributed by atoms with van der Waals surface area (Å²) in [5.41, 5.74) is 14.7. The summed E-state index contributed by atoms with van der Waals surface area (Å²) in [5.74, 6) is 0. The summed E-state index contributed by atoms with van der Waals surface area (Å²) in [6.45, 7) is 22.0. The van der Waals surface area contributed by atoms with Crippen molar-refractivity contribution in [1.82, 2.24) is 0 Å². The number of hydrogen-bond acceptors (Lipinski definition) is 0. The summed E-state index contributed by atoms with van der Waals surface area (Å²) in [7, 11) is 0. The summed E-state index contributed by atoms with van der Waals surface area (Å²) in [5, 5.41) is 0. The Morgan fingerprint density at radius 1 is 0.455 bits per heavy atom. The van der Waals surface area contributed by atoms with Gasteiger partial charge in [0, 0.05) is 0 Å². The third kappa shape index (κ3) is 4.37. The molecule has 2 aromatic carbocycles. The molecule has 0 aliphatic rings. The van der Waals surface area contributed by atoms with Crippen molar-refractivity contribution in [3.8, 4) is 0 Å². The van der Waals surface area contributed by atoms with E-state index in [1.54, 1.807) is 0 Å². The van der Waals surface area contributed by atoms with Crippen molar-refractivity contribution in [2.24, 2.45) is 0 Å². The smallest absolute Gasteiger partial charge is 1.00 e. The fourth-order valence-electron chi connectivity index (χ4n) is 2.81. The van der Waals surface area contributed by atoms with Gasteiger partial charge in [0.05, 0.1) is 0 Å². The molecule has 0 aliphatic carbocycles. The van der Waals surface area contributed by atoms with Gasteiger partial charge >= 0.3 is 21.7 Å². The van der Waals surface area contributed by atoms with E-state index in [0.29, 0.717) is 0 Å². The fourth-order valence-corrected chi connectivity index (χ4v) is 2.81. The van der Waals surface area contributed by atoms with Gasteiger partial charge in [-0.1, -0.05) is 69.2 Å². The van der Waals surface area contributed by atoms with E-state index in [0.717, 1.165) is 0 Å². The van der Waals surface area contributed by atoms with Crippen LogP contribution in [0.3, 0.4) is 0 Å². The average molecular weight is 354 g/mol. The molecule has 0 bridgehead atoms. The van der Waals surface area contributed by atoms with Gasteiger partial charge in [-0.05, 0) is 0 Å². The Morgan fingerprint density at radius 3 is 0.636 bits per heavy atom. The van der Waals surface area contributed by atoms with E-state index in [1.807, 2.05) is 0 Å². The summed E-state index contributed by atoms with van der Waals surface area (Å²) >= 11 is 0. The molecule has 2 rings (SSSR count). The van der Waals surface area contributed by atoms with Gasteiger partial charge in [-0.2, -0.15) is 55.6 Å². The van der Waals surface area contributed by atoms with Crippen LogP contribution in [0.25, 0.3) is 0 Å². The van der Waals surface area contributed by atoms with Gasteiger partial charge < -0.3 is 12.4 Å². The maximum Gasteiger partial charge on any atom is 3.00 e. The second-order valence-corrected chi connectivity index (χ2v) is 6.25. The molecule has 0 atom stereocenters. The van der Waals surface area contributed by atoms with Gasteiger partial charge in [-0.15, -0.1) is 0 Å². The van der Waals surface area contributed by atoms with Crippen molar-refractivity contribution >= 4 is 0 Å². The largest absolute Gasteiger partial charge is 3.00 e. The minimum Gasteiger partial charge on any atom is -1.00 e. The fraction of sp³-hybridized carbons (Fsp3) is 0.500. The van der Waals surface area contributed by atoms with Gasteiger partial charge in [0.15, 0.2) is 0 Å². The molecule has 0 aromatic heterocycles. The molecule has 0 aliphatic heterocycles. The van der Waals surface area contributed by atoms with Crippen LogP contribution in [0.4, 0.5) is 0 Å². The van der Waals surface area contributed by atoms with Crippen molar-refractivity contribution in [2.75, 3.05) is 0 Å². The van der Waals surface area contributed by atoms with Crippen LogP contribution in [0, 0.1) is 69.2 Å². The zero-order valence-corrected chi connectivity index (χ0v) is 18.2. The van der Waals surface area contributed by atoms with Crippen LogP contribution in [-0.2, 0) is 21.7 Å². The predicted molar refractivity (Wildman–Crippen MR) is 91.4 cm³/mol. The van der Waals surface area contributed by atoms with E-state index in [1.165, 1.54) is 55.6 Å². The van der Waals surface area contributed by atoms with Crippen molar-refractivity contribution in [3.05, 3.63) is 55.6 Å². The number of rotatable bonds is 0. The normalized spacial score (nSPS) is 9.55. The van der Waals surface area contributed by atoms with E-state index in [9.17, 15) is 0 Å². The van der Waals surface area contributed by atoms with Crippen LogP contribution in [0.2, 0.25) is 0 Å². The Balaban J connectivity index is 0. The monoisotopic (exact) mass is 353 g/mol. The van der Waals surface area contributed by atoms with Crippen LogP contribution in [0.1, 0.15) is 55.6 Å². The van der Waals surface area contributed by atoms with Gasteiger partial charge in [-0.25, -0.2) is 0 Å². The zero-order valence-electron chi connectivity index (χ0n) is 15.9. The Labute approximate surface area is 158 Å². The molecule has 2 aromatic rings. The maximum absolute atomic E-state index is 2.20. The first-order chi connectivity index (χ1) is 9.11. The molecule has 0 saturated heterocycles. The van der Waals surface area contributed by atoms with Gasteiger partial charge in [0.2, 0.25) is 0 Å². The van der Waals surface area contributed by atoms with Crippen LogP contribution in [0.5, 0.6) is 0 Å². The second-order valence-electron chi connectivity index (χ2n) is 6.25. The first-order valence-corrected chi connectivity index (χ1v) is 7.50. The number of hydrogen-bond donors (Lipinski definition) is 0. The molecular formula is C20H30ClTi. The first-order valence-electron chi connectivity index (χ1n) is 7.50. The quantitative estimate of drug-likeness (QED) is 0.504. The molecule has 0 unspecified atom stereocenters. The molecule has 0 nitrogen and oxygen atoms in total. The second kappa shape index (κ2) is 9.11. The van der Waals surface area contributed by atoms with Crippen molar-refractivity contribution < 1.29 is 34.1 Å². The van der Waals surface area contributed by atoms with E-state index in [-0.39, 0.29) is 34.1 Å². The summed E-state index contributed by atoms with van der Waals surface area (Å²) < 4.78 is 0. The maximum atomic E-state index is 2.20. The topological polar surface area (TPSA) is 0 Å². The van der Waals surface area contributed by atoms with Crippen LogP contribution >= 0.6 is 0 Å². The standard InChI is InChI=1S/2C10H15.ClH.Ti/c2*1-6-7(2)9(4)10(5)8(6)3;;/h2*1-5H3;1H;/q2*-1;;+3/p-1. The summed E-state index contributed by atoms with van der Waals surface area (Å²) in [6, 6.07) is 0. The summed E-state index contributed by atoms with van der Waals surface area (Å²) in [4.78, 5) is 0. The number of halogens is 1. The van der Waals surface area contributed by atoms with Gasteiger partial charge in [0.1, 0.15) is 0 Å². The van der Waals surface area contributed by atoms with Crippen molar-refractivity contribution in [3.63, 3.8) is 0 Å². The van der Waals surface area contributed by atoms with Gasteiger partial charge in [0.25, 0.3) is 0 Å².